The van der Waals surface area contributed by atoms with Gasteiger partial charge in [0.1, 0.15) is 12.2 Å². The molecule has 4 heteroatoms. The van der Waals surface area contributed by atoms with Crippen molar-refractivity contribution in [3.05, 3.63) is 54.6 Å². The molecule has 0 fully saturated rings. The first kappa shape index (κ1) is 11.4. The maximum absolute atomic E-state index is 13.3. The number of nitrogens with zero attached hydrogens (tertiary/aromatic N) is 2. The lowest BCUT2D eigenvalue weighted by Crippen LogP contribution is -1.84. The molecule has 1 aromatic heterocycles. The van der Waals surface area contributed by atoms with Crippen molar-refractivity contribution < 1.29 is 9.50 Å². The summed E-state index contributed by atoms with van der Waals surface area (Å²) in [7, 11) is 0. The highest BCUT2D eigenvalue weighted by Crippen LogP contribution is 2.21. The zero-order valence-electron chi connectivity index (χ0n) is 9.05. The molecule has 0 aliphatic rings. The summed E-state index contributed by atoms with van der Waals surface area (Å²) < 4.78 is 13.3. The molecular formula is C13H11FN2O. The summed E-state index contributed by atoms with van der Waals surface area (Å²) in [6.07, 6.45) is 5.98. The monoisotopic (exact) mass is 230 g/mol. The number of rotatable bonds is 3. The Hall–Kier alpha value is -2.07. The molecule has 86 valence electrons. The molecule has 0 amide bonds. The second-order valence-electron chi connectivity index (χ2n) is 3.44. The fourth-order valence-electron chi connectivity index (χ4n) is 1.47. The number of aliphatic hydroxyl groups is 1. The van der Waals surface area contributed by atoms with E-state index in [-0.39, 0.29) is 6.61 Å². The number of hydrogen-bond acceptors (Lipinski definition) is 3. The van der Waals surface area contributed by atoms with Crippen molar-refractivity contribution in [2.75, 3.05) is 6.61 Å². The van der Waals surface area contributed by atoms with Crippen LogP contribution in [0.1, 0.15) is 5.56 Å². The predicted molar refractivity (Wildman–Crippen MR) is 63.6 cm³/mol. The Kier molecular flexibility index (Phi) is 3.57. The van der Waals surface area contributed by atoms with Gasteiger partial charge in [-0.1, -0.05) is 24.3 Å². The minimum Gasteiger partial charge on any atom is -0.392 e. The normalized spacial score (nSPS) is 11.5. The first-order valence-electron chi connectivity index (χ1n) is 5.13. The highest BCUT2D eigenvalue weighted by molar-refractivity contribution is 5.66. The number of aliphatic hydroxyl groups excluding tert-OH is 1. The van der Waals surface area contributed by atoms with E-state index in [9.17, 15) is 4.39 Å². The fourth-order valence-corrected chi connectivity index (χ4v) is 1.47. The molecule has 0 radical (unpaired) electrons. The van der Waals surface area contributed by atoms with Crippen LogP contribution in [-0.2, 0) is 0 Å². The molecule has 0 bridgehead atoms. The number of aromatic nitrogens is 2. The van der Waals surface area contributed by atoms with Crippen LogP contribution in [0.5, 0.6) is 0 Å². The van der Waals surface area contributed by atoms with E-state index in [2.05, 4.69) is 9.97 Å². The van der Waals surface area contributed by atoms with E-state index in [0.29, 0.717) is 5.56 Å². The largest absolute Gasteiger partial charge is 0.392 e. The first-order chi connectivity index (χ1) is 8.31. The average molecular weight is 230 g/mol. The molecule has 0 spiro atoms. The van der Waals surface area contributed by atoms with Gasteiger partial charge < -0.3 is 5.11 Å². The molecule has 1 N–H and O–H groups in total. The summed E-state index contributed by atoms with van der Waals surface area (Å²) in [5.74, 6) is -0.427. The summed E-state index contributed by atoms with van der Waals surface area (Å²) in [4.78, 5) is 7.84. The zero-order valence-corrected chi connectivity index (χ0v) is 9.05. The molecular weight excluding hydrogens is 219 g/mol. The van der Waals surface area contributed by atoms with Crippen molar-refractivity contribution in [1.29, 1.82) is 0 Å². The summed E-state index contributed by atoms with van der Waals surface area (Å²) in [6, 6.07) is 6.89. The lowest BCUT2D eigenvalue weighted by atomic mass is 10.1. The standard InChI is InChI=1S/C13H11FN2O/c14-13(5-6-17)11-3-1-10(2-4-11)12-7-15-9-16-8-12/h1-5,7-9,17H,6H2/b13-5-. The van der Waals surface area contributed by atoms with E-state index in [1.807, 2.05) is 0 Å². The summed E-state index contributed by atoms with van der Waals surface area (Å²) >= 11 is 0. The highest BCUT2D eigenvalue weighted by atomic mass is 19.1. The van der Waals surface area contributed by atoms with Gasteiger partial charge in [-0.2, -0.15) is 0 Å². The lowest BCUT2D eigenvalue weighted by Gasteiger charge is -2.02. The molecule has 2 aromatic rings. The van der Waals surface area contributed by atoms with E-state index in [1.54, 1.807) is 36.7 Å². The van der Waals surface area contributed by atoms with Crippen LogP contribution in [-0.4, -0.2) is 21.7 Å². The van der Waals surface area contributed by atoms with Crippen molar-refractivity contribution in [2.24, 2.45) is 0 Å². The molecule has 0 aliphatic heterocycles. The van der Waals surface area contributed by atoms with Gasteiger partial charge in [0, 0.05) is 23.5 Å². The van der Waals surface area contributed by atoms with Crippen LogP contribution >= 0.6 is 0 Å². The van der Waals surface area contributed by atoms with Gasteiger partial charge in [0.05, 0.1) is 6.61 Å². The molecule has 1 aromatic carbocycles. The van der Waals surface area contributed by atoms with Crippen molar-refractivity contribution in [3.63, 3.8) is 0 Å². The average Bonchev–Trinajstić information content (AvgIpc) is 2.40. The van der Waals surface area contributed by atoms with Crippen LogP contribution in [0.25, 0.3) is 17.0 Å². The van der Waals surface area contributed by atoms with Crippen molar-refractivity contribution in [1.82, 2.24) is 9.97 Å². The molecule has 0 saturated carbocycles. The Morgan fingerprint density at radius 3 is 2.35 bits per heavy atom. The van der Waals surface area contributed by atoms with Crippen molar-refractivity contribution in [3.8, 4) is 11.1 Å². The van der Waals surface area contributed by atoms with Crippen molar-refractivity contribution in [2.45, 2.75) is 0 Å². The van der Waals surface area contributed by atoms with Gasteiger partial charge in [0.2, 0.25) is 0 Å². The molecule has 1 heterocycles. The molecule has 0 saturated heterocycles. The van der Waals surface area contributed by atoms with Crippen LogP contribution in [0, 0.1) is 0 Å². The minimum absolute atomic E-state index is 0.305. The molecule has 3 nitrogen and oxygen atoms in total. The minimum atomic E-state index is -0.427. The molecule has 0 atom stereocenters. The van der Waals surface area contributed by atoms with E-state index in [1.165, 1.54) is 6.33 Å². The smallest absolute Gasteiger partial charge is 0.128 e. The first-order valence-corrected chi connectivity index (χ1v) is 5.13. The second kappa shape index (κ2) is 5.32. The van der Waals surface area contributed by atoms with E-state index < -0.39 is 5.83 Å². The fraction of sp³-hybridized carbons (Fsp3) is 0.0769. The van der Waals surface area contributed by atoms with Crippen LogP contribution in [0.3, 0.4) is 0 Å². The van der Waals surface area contributed by atoms with Gasteiger partial charge in [-0.15, -0.1) is 0 Å². The third-order valence-corrected chi connectivity index (χ3v) is 2.33. The SMILES string of the molecule is OC/C=C(\F)c1ccc(-c2cncnc2)cc1. The molecule has 17 heavy (non-hydrogen) atoms. The molecule has 0 aliphatic carbocycles. The lowest BCUT2D eigenvalue weighted by molar-refractivity contribution is 0.342. The van der Waals surface area contributed by atoms with E-state index >= 15 is 0 Å². The van der Waals surface area contributed by atoms with Crippen LogP contribution in [0.2, 0.25) is 0 Å². The summed E-state index contributed by atoms with van der Waals surface area (Å²) in [6.45, 7) is -0.305. The van der Waals surface area contributed by atoms with Crippen LogP contribution in [0.15, 0.2) is 49.1 Å². The van der Waals surface area contributed by atoms with Gasteiger partial charge in [0.25, 0.3) is 0 Å². The van der Waals surface area contributed by atoms with Gasteiger partial charge in [0.15, 0.2) is 0 Å². The van der Waals surface area contributed by atoms with E-state index in [0.717, 1.165) is 17.2 Å². The predicted octanol–water partition coefficient (Wildman–Crippen LogP) is 2.45. The Labute approximate surface area is 98.3 Å². The number of hydrogen-bond donors (Lipinski definition) is 1. The number of halogens is 1. The Bertz CT molecular complexity index is 509. The Morgan fingerprint density at radius 1 is 1.12 bits per heavy atom. The van der Waals surface area contributed by atoms with Crippen LogP contribution in [0.4, 0.5) is 4.39 Å². The maximum Gasteiger partial charge on any atom is 0.128 e. The van der Waals surface area contributed by atoms with Gasteiger partial charge in [-0.3, -0.25) is 0 Å². The van der Waals surface area contributed by atoms with Crippen molar-refractivity contribution >= 4 is 5.83 Å². The molecule has 0 unspecified atom stereocenters. The third kappa shape index (κ3) is 2.73. The molecule has 2 rings (SSSR count). The van der Waals surface area contributed by atoms with E-state index in [4.69, 9.17) is 5.11 Å². The highest BCUT2D eigenvalue weighted by Gasteiger charge is 2.01. The quantitative estimate of drug-likeness (QED) is 0.880. The summed E-state index contributed by atoms with van der Waals surface area (Å²) in [5, 5.41) is 8.60. The third-order valence-electron chi connectivity index (χ3n) is 2.33. The Balaban J connectivity index is 2.28. The van der Waals surface area contributed by atoms with Gasteiger partial charge in [-0.25, -0.2) is 14.4 Å². The summed E-state index contributed by atoms with van der Waals surface area (Å²) in [5.41, 5.74) is 2.25. The Morgan fingerprint density at radius 2 is 1.76 bits per heavy atom. The topological polar surface area (TPSA) is 46.0 Å². The zero-order chi connectivity index (χ0) is 12.1. The van der Waals surface area contributed by atoms with Crippen LogP contribution < -0.4 is 0 Å². The van der Waals surface area contributed by atoms with Gasteiger partial charge >= 0.3 is 0 Å². The second-order valence-corrected chi connectivity index (χ2v) is 3.44. The number of benzene rings is 1. The maximum atomic E-state index is 13.3. The van der Waals surface area contributed by atoms with Gasteiger partial charge in [-0.05, 0) is 11.6 Å².